The molecule has 1 N–H and O–H groups in total. The Bertz CT molecular complexity index is 1010. The summed E-state index contributed by atoms with van der Waals surface area (Å²) in [5.41, 5.74) is 5.36. The van der Waals surface area contributed by atoms with Crippen LogP contribution in [-0.2, 0) is 5.41 Å². The van der Waals surface area contributed by atoms with Gasteiger partial charge in [-0.2, -0.15) is 0 Å². The van der Waals surface area contributed by atoms with Gasteiger partial charge >= 0.3 is 0 Å². The van der Waals surface area contributed by atoms with Crippen LogP contribution in [-0.4, -0.2) is 31.4 Å². The van der Waals surface area contributed by atoms with Crippen LogP contribution in [0.2, 0.25) is 0 Å². The molecule has 0 saturated carbocycles. The molecule has 3 rings (SSSR count). The molecule has 4 nitrogen and oxygen atoms in total. The van der Waals surface area contributed by atoms with Crippen LogP contribution < -0.4 is 5.32 Å². The van der Waals surface area contributed by atoms with Crippen molar-refractivity contribution in [2.24, 2.45) is 0 Å². The van der Waals surface area contributed by atoms with Crippen LogP contribution >= 0.6 is 0 Å². The van der Waals surface area contributed by atoms with Gasteiger partial charge in [-0.15, -0.1) is 0 Å². The Morgan fingerprint density at radius 1 is 1.07 bits per heavy atom. The molecule has 1 amide bonds. The number of carbonyl (C=O) groups excluding carboxylic acids is 1. The van der Waals surface area contributed by atoms with Gasteiger partial charge in [0.1, 0.15) is 5.58 Å². The smallest absolute Gasteiger partial charge is 0.287 e. The van der Waals surface area contributed by atoms with Crippen molar-refractivity contribution in [3.05, 3.63) is 70.5 Å². The highest BCUT2D eigenvalue weighted by Gasteiger charge is 2.21. The number of hydrogen-bond acceptors (Lipinski definition) is 3. The van der Waals surface area contributed by atoms with E-state index in [4.69, 9.17) is 4.42 Å². The fraction of sp³-hybridized carbons (Fsp3) is 0.400. The molecule has 4 heteroatoms. The molecule has 3 aromatic rings. The maximum absolute atomic E-state index is 12.8. The van der Waals surface area contributed by atoms with Gasteiger partial charge in [-0.25, -0.2) is 0 Å². The van der Waals surface area contributed by atoms with Gasteiger partial charge in [0.2, 0.25) is 0 Å². The van der Waals surface area contributed by atoms with Gasteiger partial charge < -0.3 is 14.6 Å². The number of furan rings is 1. The van der Waals surface area contributed by atoms with Crippen molar-refractivity contribution in [2.45, 2.75) is 46.1 Å². The van der Waals surface area contributed by atoms with E-state index in [1.807, 2.05) is 46.1 Å². The summed E-state index contributed by atoms with van der Waals surface area (Å²) in [7, 11) is 4.06. The van der Waals surface area contributed by atoms with E-state index in [0.29, 0.717) is 12.3 Å². The van der Waals surface area contributed by atoms with Crippen LogP contribution in [0.4, 0.5) is 0 Å². The Labute approximate surface area is 173 Å². The van der Waals surface area contributed by atoms with Gasteiger partial charge in [-0.1, -0.05) is 57.2 Å². The predicted molar refractivity (Wildman–Crippen MR) is 120 cm³/mol. The van der Waals surface area contributed by atoms with Gasteiger partial charge in [0.25, 0.3) is 5.91 Å². The lowest BCUT2D eigenvalue weighted by Crippen LogP contribution is -2.34. The number of amides is 1. The van der Waals surface area contributed by atoms with E-state index >= 15 is 0 Å². The van der Waals surface area contributed by atoms with Crippen molar-refractivity contribution in [3.63, 3.8) is 0 Å². The molecule has 154 valence electrons. The highest BCUT2D eigenvalue weighted by atomic mass is 16.3. The molecule has 1 heterocycles. The third kappa shape index (κ3) is 4.54. The molecule has 1 atom stereocenters. The lowest BCUT2D eigenvalue weighted by atomic mass is 9.86. The van der Waals surface area contributed by atoms with Gasteiger partial charge in [0.05, 0.1) is 6.04 Å². The van der Waals surface area contributed by atoms with Gasteiger partial charge in [-0.3, -0.25) is 4.79 Å². The van der Waals surface area contributed by atoms with E-state index in [2.05, 4.69) is 55.3 Å². The summed E-state index contributed by atoms with van der Waals surface area (Å²) in [6, 6.07) is 14.8. The van der Waals surface area contributed by atoms with E-state index in [-0.39, 0.29) is 17.4 Å². The maximum Gasteiger partial charge on any atom is 0.287 e. The first-order chi connectivity index (χ1) is 13.6. The van der Waals surface area contributed by atoms with Crippen LogP contribution in [0.15, 0.2) is 46.9 Å². The summed E-state index contributed by atoms with van der Waals surface area (Å²) in [5.74, 6) is 0.223. The molecule has 0 radical (unpaired) electrons. The molecule has 2 aromatic carbocycles. The number of nitrogens with zero attached hydrogens (tertiary/aromatic N) is 1. The first-order valence-electron chi connectivity index (χ1n) is 10.1. The second-order valence-electron chi connectivity index (χ2n) is 9.12. The van der Waals surface area contributed by atoms with Crippen LogP contribution in [0.5, 0.6) is 0 Å². The minimum absolute atomic E-state index is 0.0832. The van der Waals surface area contributed by atoms with Crippen LogP contribution in [0.1, 0.15) is 59.6 Å². The number of likely N-dealkylation sites (N-methyl/N-ethyl adjacent to an activating group) is 1. The lowest BCUT2D eigenvalue weighted by Gasteiger charge is -2.26. The third-order valence-electron chi connectivity index (χ3n) is 5.54. The quantitative estimate of drug-likeness (QED) is 0.634. The third-order valence-corrected chi connectivity index (χ3v) is 5.54. The van der Waals surface area contributed by atoms with E-state index in [1.54, 1.807) is 0 Å². The zero-order valence-electron chi connectivity index (χ0n) is 18.6. The standard InChI is InChI=1S/C25H32N2O2/c1-16-8-13-20-17(2)23(29-22(20)14-16)24(28)26-15-21(27(6)7)18-9-11-19(12-10-18)25(3,4)5/h8-14,21H,15H2,1-7H3,(H,26,28)/t21-/m0/s1. The second-order valence-corrected chi connectivity index (χ2v) is 9.12. The van der Waals surface area contributed by atoms with E-state index in [0.717, 1.165) is 22.1 Å². The SMILES string of the molecule is Cc1ccc2c(C)c(C(=O)NC[C@@H](c3ccc(C(C)(C)C)cc3)N(C)C)oc2c1. The highest BCUT2D eigenvalue weighted by Crippen LogP contribution is 2.27. The number of fused-ring (bicyclic) bond motifs is 1. The molecule has 0 saturated heterocycles. The first kappa shape index (κ1) is 21.1. The summed E-state index contributed by atoms with van der Waals surface area (Å²) in [6.07, 6.45) is 0. The number of benzene rings is 2. The van der Waals surface area contributed by atoms with E-state index in [9.17, 15) is 4.79 Å². The average molecular weight is 393 g/mol. The van der Waals surface area contributed by atoms with Crippen LogP contribution in [0.3, 0.4) is 0 Å². The van der Waals surface area contributed by atoms with Crippen LogP contribution in [0, 0.1) is 13.8 Å². The average Bonchev–Trinajstić information content (AvgIpc) is 2.97. The minimum Gasteiger partial charge on any atom is -0.451 e. The molecule has 0 aliphatic rings. The largest absolute Gasteiger partial charge is 0.451 e. The number of rotatable bonds is 5. The maximum atomic E-state index is 12.8. The van der Waals surface area contributed by atoms with Crippen LogP contribution in [0.25, 0.3) is 11.0 Å². The molecule has 0 aliphatic heterocycles. The highest BCUT2D eigenvalue weighted by molar-refractivity contribution is 5.99. The Hall–Kier alpha value is -2.59. The number of hydrogen-bond donors (Lipinski definition) is 1. The number of aryl methyl sites for hydroxylation is 2. The van der Waals surface area contributed by atoms with Gasteiger partial charge in [-0.05, 0) is 56.1 Å². The van der Waals surface area contributed by atoms with Gasteiger partial charge in [0, 0.05) is 17.5 Å². The van der Waals surface area contributed by atoms with Crippen molar-refractivity contribution in [2.75, 3.05) is 20.6 Å². The normalized spacial score (nSPS) is 13.1. The monoisotopic (exact) mass is 392 g/mol. The molecule has 29 heavy (non-hydrogen) atoms. The van der Waals surface area contributed by atoms with Crippen molar-refractivity contribution in [1.29, 1.82) is 0 Å². The topological polar surface area (TPSA) is 45.5 Å². The van der Waals surface area contributed by atoms with Crippen molar-refractivity contribution in [3.8, 4) is 0 Å². The lowest BCUT2D eigenvalue weighted by molar-refractivity contribution is 0.0915. The van der Waals surface area contributed by atoms with E-state index in [1.165, 1.54) is 11.1 Å². The van der Waals surface area contributed by atoms with Gasteiger partial charge in [0.15, 0.2) is 5.76 Å². The summed E-state index contributed by atoms with van der Waals surface area (Å²) in [6.45, 7) is 11.1. The fourth-order valence-electron chi connectivity index (χ4n) is 3.62. The summed E-state index contributed by atoms with van der Waals surface area (Å²) in [4.78, 5) is 15.0. The number of nitrogens with one attached hydrogen (secondary N) is 1. The molecular weight excluding hydrogens is 360 g/mol. The first-order valence-corrected chi connectivity index (χ1v) is 10.1. The molecular formula is C25H32N2O2. The van der Waals surface area contributed by atoms with Crippen molar-refractivity contribution < 1.29 is 9.21 Å². The molecule has 0 unspecified atom stereocenters. The molecule has 0 spiro atoms. The summed E-state index contributed by atoms with van der Waals surface area (Å²) >= 11 is 0. The predicted octanol–water partition coefficient (Wildman–Crippen LogP) is 5.38. The molecule has 0 aliphatic carbocycles. The van der Waals surface area contributed by atoms with E-state index < -0.39 is 0 Å². The second kappa shape index (κ2) is 8.03. The minimum atomic E-state index is -0.172. The van der Waals surface area contributed by atoms with Crippen molar-refractivity contribution in [1.82, 2.24) is 10.2 Å². The zero-order chi connectivity index (χ0) is 21.3. The Morgan fingerprint density at radius 2 is 1.72 bits per heavy atom. The summed E-state index contributed by atoms with van der Waals surface area (Å²) in [5, 5.41) is 4.05. The molecule has 0 fully saturated rings. The summed E-state index contributed by atoms with van der Waals surface area (Å²) < 4.78 is 5.87. The Kier molecular flexibility index (Phi) is 5.85. The fourth-order valence-corrected chi connectivity index (χ4v) is 3.62. The molecule has 1 aromatic heterocycles. The molecule has 0 bridgehead atoms. The number of carbonyl (C=O) groups is 1. The Morgan fingerprint density at radius 3 is 2.31 bits per heavy atom. The zero-order valence-corrected chi connectivity index (χ0v) is 18.6. The van der Waals surface area contributed by atoms with Crippen molar-refractivity contribution >= 4 is 16.9 Å². The Balaban J connectivity index is 1.77.